The molecule has 2 aliphatic rings. The molecule has 1 unspecified atom stereocenters. The number of anilines is 1. The minimum atomic E-state index is 0. The van der Waals surface area contributed by atoms with E-state index in [0.29, 0.717) is 12.5 Å². The number of guanidine groups is 1. The fourth-order valence-electron chi connectivity index (χ4n) is 4.27. The van der Waals surface area contributed by atoms with Crippen LogP contribution in [0.1, 0.15) is 51.0 Å². The Bertz CT molecular complexity index is 685. The van der Waals surface area contributed by atoms with Crippen molar-refractivity contribution in [2.24, 2.45) is 10.9 Å². The Morgan fingerprint density at radius 1 is 1.13 bits per heavy atom. The number of nitrogens with zero attached hydrogens (tertiary/aromatic N) is 3. The third-order valence-electron chi connectivity index (χ3n) is 6.01. The summed E-state index contributed by atoms with van der Waals surface area (Å²) in [5, 5.41) is 6.89. The second kappa shape index (κ2) is 12.4. The first-order chi connectivity index (χ1) is 14.1. The van der Waals surface area contributed by atoms with Gasteiger partial charge in [-0.25, -0.2) is 4.99 Å². The molecule has 0 radical (unpaired) electrons. The van der Waals surface area contributed by atoms with E-state index >= 15 is 0 Å². The van der Waals surface area contributed by atoms with E-state index in [9.17, 15) is 4.79 Å². The molecular weight excluding hydrogens is 489 g/mol. The molecule has 2 fully saturated rings. The van der Waals surface area contributed by atoms with Crippen LogP contribution in [0.5, 0.6) is 0 Å². The molecule has 7 heteroatoms. The van der Waals surface area contributed by atoms with Crippen LogP contribution in [0.3, 0.4) is 0 Å². The summed E-state index contributed by atoms with van der Waals surface area (Å²) in [5.41, 5.74) is 2.38. The molecule has 0 spiro atoms. The molecule has 1 aliphatic heterocycles. The number of hydrogen-bond donors (Lipinski definition) is 2. The molecule has 1 aromatic carbocycles. The highest BCUT2D eigenvalue weighted by molar-refractivity contribution is 14.0. The highest BCUT2D eigenvalue weighted by atomic mass is 127. The summed E-state index contributed by atoms with van der Waals surface area (Å²) in [5.74, 6) is 1.47. The Morgan fingerprint density at radius 3 is 2.47 bits per heavy atom. The molecular formula is C23H38IN5O. The number of nitrogens with one attached hydrogen (secondary N) is 2. The number of hydrogen-bond acceptors (Lipinski definition) is 3. The molecule has 1 saturated carbocycles. The second-order valence-electron chi connectivity index (χ2n) is 8.51. The first kappa shape index (κ1) is 24.8. The zero-order valence-electron chi connectivity index (χ0n) is 18.7. The van der Waals surface area contributed by atoms with Gasteiger partial charge < -0.3 is 20.4 Å². The van der Waals surface area contributed by atoms with Crippen LogP contribution in [0.4, 0.5) is 5.69 Å². The van der Waals surface area contributed by atoms with Crippen molar-refractivity contribution < 1.29 is 4.79 Å². The second-order valence-corrected chi connectivity index (χ2v) is 8.51. The van der Waals surface area contributed by atoms with Gasteiger partial charge in [-0.15, -0.1) is 24.0 Å². The third-order valence-corrected chi connectivity index (χ3v) is 6.01. The fourth-order valence-corrected chi connectivity index (χ4v) is 4.27. The van der Waals surface area contributed by atoms with Gasteiger partial charge in [0.25, 0.3) is 0 Å². The number of amides is 1. The van der Waals surface area contributed by atoms with Crippen LogP contribution < -0.4 is 15.5 Å². The van der Waals surface area contributed by atoms with Crippen molar-refractivity contribution in [1.29, 1.82) is 0 Å². The van der Waals surface area contributed by atoms with Crippen molar-refractivity contribution in [1.82, 2.24) is 15.5 Å². The monoisotopic (exact) mass is 527 g/mol. The predicted molar refractivity (Wildman–Crippen MR) is 136 cm³/mol. The molecule has 1 saturated heterocycles. The Balaban J connectivity index is 0.00000320. The standard InChI is InChI=1S/C23H37N5O.HI/c1-4-24-23(25-16-18-10-12-21(13-11-18)27(2)3)26-20-14-15-28(17-20)22(29)19-8-6-5-7-9-19;/h10-13,19-20H,4-9,14-17H2,1-3H3,(H2,24,25,26);1H. The SMILES string of the molecule is CCNC(=NCc1ccc(N(C)C)cc1)NC1CCN(C(=O)C2CCCCC2)C1.I. The van der Waals surface area contributed by atoms with Crippen LogP contribution in [-0.2, 0) is 11.3 Å². The molecule has 6 nitrogen and oxygen atoms in total. The molecule has 0 bridgehead atoms. The van der Waals surface area contributed by atoms with Crippen molar-refractivity contribution in [3.63, 3.8) is 0 Å². The van der Waals surface area contributed by atoms with Gasteiger partial charge in [-0.3, -0.25) is 4.79 Å². The van der Waals surface area contributed by atoms with Gasteiger partial charge in [-0.2, -0.15) is 0 Å². The maximum atomic E-state index is 12.8. The molecule has 1 amide bonds. The summed E-state index contributed by atoms with van der Waals surface area (Å²) in [7, 11) is 4.09. The Hall–Kier alpha value is -1.51. The number of carbonyl (C=O) groups excluding carboxylic acids is 1. The first-order valence-electron chi connectivity index (χ1n) is 11.2. The van der Waals surface area contributed by atoms with E-state index in [2.05, 4.69) is 51.6 Å². The minimum absolute atomic E-state index is 0. The summed E-state index contributed by atoms with van der Waals surface area (Å²) in [4.78, 5) is 21.7. The van der Waals surface area contributed by atoms with Gasteiger partial charge in [0.1, 0.15) is 0 Å². The number of benzene rings is 1. The number of likely N-dealkylation sites (tertiary alicyclic amines) is 1. The molecule has 168 valence electrons. The number of aliphatic imine (C=N–C) groups is 1. The smallest absolute Gasteiger partial charge is 0.225 e. The highest BCUT2D eigenvalue weighted by Crippen LogP contribution is 2.26. The van der Waals surface area contributed by atoms with Crippen LogP contribution in [0.2, 0.25) is 0 Å². The topological polar surface area (TPSA) is 60.0 Å². The van der Waals surface area contributed by atoms with Crippen LogP contribution in [-0.4, -0.2) is 56.5 Å². The van der Waals surface area contributed by atoms with E-state index in [1.165, 1.54) is 30.5 Å². The third kappa shape index (κ3) is 7.03. The van der Waals surface area contributed by atoms with E-state index in [1.54, 1.807) is 0 Å². The maximum Gasteiger partial charge on any atom is 0.225 e. The molecule has 1 aromatic rings. The Kier molecular flexibility index (Phi) is 10.2. The summed E-state index contributed by atoms with van der Waals surface area (Å²) in [6.07, 6.45) is 6.83. The molecule has 1 heterocycles. The van der Waals surface area contributed by atoms with Crippen LogP contribution >= 0.6 is 24.0 Å². The largest absolute Gasteiger partial charge is 0.378 e. The lowest BCUT2D eigenvalue weighted by molar-refractivity contribution is -0.135. The zero-order valence-corrected chi connectivity index (χ0v) is 21.0. The highest BCUT2D eigenvalue weighted by Gasteiger charge is 2.31. The summed E-state index contributed by atoms with van der Waals surface area (Å²) < 4.78 is 0. The van der Waals surface area contributed by atoms with Crippen molar-refractivity contribution >= 4 is 41.5 Å². The van der Waals surface area contributed by atoms with Crippen molar-refractivity contribution in [3.05, 3.63) is 29.8 Å². The van der Waals surface area contributed by atoms with Gasteiger partial charge in [0.15, 0.2) is 5.96 Å². The molecule has 2 N–H and O–H groups in total. The minimum Gasteiger partial charge on any atom is -0.378 e. The molecule has 1 atom stereocenters. The molecule has 30 heavy (non-hydrogen) atoms. The fraction of sp³-hybridized carbons (Fsp3) is 0.652. The van der Waals surface area contributed by atoms with E-state index in [4.69, 9.17) is 4.99 Å². The van der Waals surface area contributed by atoms with E-state index in [1.807, 2.05) is 14.1 Å². The van der Waals surface area contributed by atoms with E-state index in [-0.39, 0.29) is 35.9 Å². The number of halogens is 1. The van der Waals surface area contributed by atoms with Crippen LogP contribution in [0.25, 0.3) is 0 Å². The lowest BCUT2D eigenvalue weighted by atomic mass is 9.88. The van der Waals surface area contributed by atoms with Crippen molar-refractivity contribution in [3.8, 4) is 0 Å². The lowest BCUT2D eigenvalue weighted by Crippen LogP contribution is -2.45. The average Bonchev–Trinajstić information content (AvgIpc) is 3.21. The van der Waals surface area contributed by atoms with E-state index < -0.39 is 0 Å². The number of carbonyl (C=O) groups is 1. The Morgan fingerprint density at radius 2 is 1.83 bits per heavy atom. The summed E-state index contributed by atoms with van der Waals surface area (Å²) >= 11 is 0. The Labute approximate surface area is 198 Å². The van der Waals surface area contributed by atoms with Gasteiger partial charge in [0.2, 0.25) is 5.91 Å². The zero-order chi connectivity index (χ0) is 20.6. The van der Waals surface area contributed by atoms with Crippen LogP contribution in [0, 0.1) is 5.92 Å². The molecule has 3 rings (SSSR count). The quantitative estimate of drug-likeness (QED) is 0.337. The number of rotatable bonds is 6. The normalized spacial score (nSPS) is 19.9. The van der Waals surface area contributed by atoms with Gasteiger partial charge in [0.05, 0.1) is 6.54 Å². The summed E-state index contributed by atoms with van der Waals surface area (Å²) in [6.45, 7) is 5.19. The van der Waals surface area contributed by atoms with Gasteiger partial charge in [-0.1, -0.05) is 31.4 Å². The lowest BCUT2D eigenvalue weighted by Gasteiger charge is -2.26. The molecule has 1 aliphatic carbocycles. The van der Waals surface area contributed by atoms with Gasteiger partial charge in [0, 0.05) is 51.4 Å². The van der Waals surface area contributed by atoms with Crippen molar-refractivity contribution in [2.75, 3.05) is 38.6 Å². The average molecular weight is 527 g/mol. The maximum absolute atomic E-state index is 12.8. The first-order valence-corrected chi connectivity index (χ1v) is 11.2. The predicted octanol–water partition coefficient (Wildman–Crippen LogP) is 3.61. The van der Waals surface area contributed by atoms with Crippen LogP contribution in [0.15, 0.2) is 29.3 Å². The van der Waals surface area contributed by atoms with Gasteiger partial charge in [-0.05, 0) is 43.9 Å². The van der Waals surface area contributed by atoms with Crippen molar-refractivity contribution in [2.45, 2.75) is 58.0 Å². The van der Waals surface area contributed by atoms with Gasteiger partial charge >= 0.3 is 0 Å². The summed E-state index contributed by atoms with van der Waals surface area (Å²) in [6, 6.07) is 8.77. The van der Waals surface area contributed by atoms with E-state index in [0.717, 1.165) is 44.9 Å². The molecule has 0 aromatic heterocycles.